The number of hydrogen-bond donors (Lipinski definition) is 2. The second kappa shape index (κ2) is 6.08. The lowest BCUT2D eigenvalue weighted by Crippen LogP contribution is -2.56. The Bertz CT molecular complexity index is 755. The Balaban J connectivity index is 1.82. The van der Waals surface area contributed by atoms with E-state index in [1.54, 1.807) is 6.08 Å². The maximum Gasteiger partial charge on any atom is 0.190 e. The zero-order chi connectivity index (χ0) is 19.6. The van der Waals surface area contributed by atoms with Gasteiger partial charge < -0.3 is 10.2 Å². The average molecular weight is 376 g/mol. The van der Waals surface area contributed by atoms with E-state index in [2.05, 4.69) is 13.0 Å². The molecule has 0 saturated heterocycles. The van der Waals surface area contributed by atoms with Gasteiger partial charge in [0.1, 0.15) is 12.2 Å². The first-order valence-corrected chi connectivity index (χ1v) is 10.1. The average Bonchev–Trinajstić information content (AvgIpc) is 2.93. The summed E-state index contributed by atoms with van der Waals surface area (Å²) in [5.41, 5.74) is -0.191. The van der Waals surface area contributed by atoms with E-state index >= 15 is 0 Å². The number of Topliss-reactive ketones (excluding diaryl/α,β-unsaturated/α-hetero) is 1. The normalized spacial score (nSPS) is 46.1. The second-order valence-corrected chi connectivity index (χ2v) is 9.48. The highest BCUT2D eigenvalue weighted by atomic mass is 19.1. The van der Waals surface area contributed by atoms with Crippen LogP contribution in [0.1, 0.15) is 52.4 Å². The quantitative estimate of drug-likeness (QED) is 0.743. The van der Waals surface area contributed by atoms with Crippen LogP contribution >= 0.6 is 0 Å². The van der Waals surface area contributed by atoms with E-state index in [9.17, 15) is 24.2 Å². The van der Waals surface area contributed by atoms with Gasteiger partial charge in [-0.05, 0) is 55.9 Å². The van der Waals surface area contributed by atoms with Gasteiger partial charge in [0, 0.05) is 17.3 Å². The zero-order valence-corrected chi connectivity index (χ0v) is 16.1. The summed E-state index contributed by atoms with van der Waals surface area (Å²) < 4.78 is 14.1. The van der Waals surface area contributed by atoms with E-state index in [1.165, 1.54) is 5.57 Å². The van der Waals surface area contributed by atoms with Gasteiger partial charge in [0.15, 0.2) is 11.6 Å². The zero-order valence-electron chi connectivity index (χ0n) is 16.1. The number of ketones is 2. The highest BCUT2D eigenvalue weighted by Gasteiger charge is 2.65. The molecule has 6 atom stereocenters. The number of carbonyl (C=O) groups excluding carboxylic acids is 2. The van der Waals surface area contributed by atoms with Crippen molar-refractivity contribution in [1.29, 1.82) is 0 Å². The van der Waals surface area contributed by atoms with Crippen molar-refractivity contribution in [2.45, 2.75) is 58.0 Å². The van der Waals surface area contributed by atoms with Gasteiger partial charge in [-0.15, -0.1) is 0 Å². The molecule has 0 heterocycles. The van der Waals surface area contributed by atoms with Crippen LogP contribution in [-0.4, -0.2) is 40.7 Å². The maximum atomic E-state index is 14.1. The van der Waals surface area contributed by atoms with Crippen LogP contribution in [0.25, 0.3) is 0 Å². The van der Waals surface area contributed by atoms with Crippen molar-refractivity contribution in [2.24, 2.45) is 28.6 Å². The third-order valence-electron chi connectivity index (χ3n) is 8.46. The number of aliphatic hydroxyl groups excluding tert-OH is 1. The lowest BCUT2D eigenvalue weighted by molar-refractivity contribution is -0.156. The van der Waals surface area contributed by atoms with E-state index in [1.807, 2.05) is 6.92 Å². The monoisotopic (exact) mass is 376 g/mol. The van der Waals surface area contributed by atoms with Crippen LogP contribution in [0, 0.1) is 28.6 Å². The summed E-state index contributed by atoms with van der Waals surface area (Å²) in [6, 6.07) is 0. The molecule has 0 aliphatic heterocycles. The standard InChI is InChI=1S/C22H29FO4/c1-20-6-3-15(25)10-14(20)9-13(11-23)19-16(20)4-7-21(2)17(19)5-8-22(21,27)18(26)12-24/h4,10,13,17,19,24,27H,3,5-9,11-12H2,1-2H3/t13?,17?,19?,20-,21-,22-/m0/s1. The van der Waals surface area contributed by atoms with Crippen LogP contribution in [-0.2, 0) is 9.59 Å². The van der Waals surface area contributed by atoms with Gasteiger partial charge in [0.05, 0.1) is 6.67 Å². The lowest BCUT2D eigenvalue weighted by atomic mass is 9.48. The molecule has 4 rings (SSSR count). The van der Waals surface area contributed by atoms with Crippen LogP contribution in [0.5, 0.6) is 0 Å². The molecule has 0 radical (unpaired) electrons. The third-order valence-corrected chi connectivity index (χ3v) is 8.46. The number of carbonyl (C=O) groups is 2. The molecular weight excluding hydrogens is 347 g/mol. The third kappa shape index (κ3) is 2.34. The number of aliphatic hydroxyl groups is 2. The molecule has 0 bridgehead atoms. The van der Waals surface area contributed by atoms with Crippen molar-refractivity contribution in [3.63, 3.8) is 0 Å². The van der Waals surface area contributed by atoms with Gasteiger partial charge in [-0.3, -0.25) is 14.0 Å². The SMILES string of the molecule is C[C@]12CCC(=O)C=C1CC(CF)C1C2=CC[C@@]2(C)C1CC[C@]2(O)C(=O)CO. The summed E-state index contributed by atoms with van der Waals surface area (Å²) in [6.07, 6.45) is 7.21. The summed E-state index contributed by atoms with van der Waals surface area (Å²) in [6.45, 7) is 2.96. The van der Waals surface area contributed by atoms with Crippen LogP contribution in [0.4, 0.5) is 4.39 Å². The Kier molecular flexibility index (Phi) is 4.28. The van der Waals surface area contributed by atoms with Crippen LogP contribution < -0.4 is 0 Å². The first-order chi connectivity index (χ1) is 12.7. The fraction of sp³-hybridized carbons (Fsp3) is 0.727. The molecule has 0 aromatic rings. The van der Waals surface area contributed by atoms with Crippen LogP contribution in [0.2, 0.25) is 0 Å². The van der Waals surface area contributed by atoms with Gasteiger partial charge in [-0.25, -0.2) is 0 Å². The smallest absolute Gasteiger partial charge is 0.190 e. The minimum Gasteiger partial charge on any atom is -0.388 e. The Morgan fingerprint density at radius 2 is 2.07 bits per heavy atom. The van der Waals surface area contributed by atoms with E-state index in [4.69, 9.17) is 0 Å². The fourth-order valence-electron chi connectivity index (χ4n) is 6.74. The van der Waals surface area contributed by atoms with Gasteiger partial charge in [-0.1, -0.05) is 31.1 Å². The lowest BCUT2D eigenvalue weighted by Gasteiger charge is -2.56. The van der Waals surface area contributed by atoms with Crippen LogP contribution in [0.15, 0.2) is 23.3 Å². The largest absolute Gasteiger partial charge is 0.388 e. The van der Waals surface area contributed by atoms with E-state index in [0.717, 1.165) is 12.0 Å². The predicted octanol–water partition coefficient (Wildman–Crippen LogP) is 2.93. The molecule has 3 unspecified atom stereocenters. The van der Waals surface area contributed by atoms with Crippen molar-refractivity contribution in [2.75, 3.05) is 13.3 Å². The Labute approximate surface area is 159 Å². The first-order valence-electron chi connectivity index (χ1n) is 10.1. The molecule has 0 aromatic carbocycles. The number of alkyl halides is 1. The topological polar surface area (TPSA) is 74.6 Å². The molecule has 5 heteroatoms. The Morgan fingerprint density at radius 1 is 1.33 bits per heavy atom. The molecule has 0 amide bonds. The maximum absolute atomic E-state index is 14.1. The number of allylic oxidation sites excluding steroid dienone is 4. The summed E-state index contributed by atoms with van der Waals surface area (Å²) in [5.74, 6) is -0.632. The van der Waals surface area contributed by atoms with E-state index in [-0.39, 0.29) is 29.0 Å². The molecule has 4 nitrogen and oxygen atoms in total. The number of hydrogen-bond acceptors (Lipinski definition) is 4. The molecule has 0 spiro atoms. The summed E-state index contributed by atoms with van der Waals surface area (Å²) >= 11 is 0. The predicted molar refractivity (Wildman–Crippen MR) is 98.6 cm³/mol. The van der Waals surface area contributed by atoms with Crippen molar-refractivity contribution in [3.8, 4) is 0 Å². The second-order valence-electron chi connectivity index (χ2n) is 9.48. The fourth-order valence-corrected chi connectivity index (χ4v) is 6.74. The Hall–Kier alpha value is -1.33. The minimum atomic E-state index is -1.55. The van der Waals surface area contributed by atoms with Gasteiger partial charge >= 0.3 is 0 Å². The number of rotatable bonds is 3. The molecule has 4 aliphatic carbocycles. The first kappa shape index (κ1) is 19.0. The van der Waals surface area contributed by atoms with Crippen molar-refractivity contribution < 1.29 is 24.2 Å². The van der Waals surface area contributed by atoms with Gasteiger partial charge in [0.2, 0.25) is 0 Å². The number of halogens is 1. The molecule has 27 heavy (non-hydrogen) atoms. The van der Waals surface area contributed by atoms with Crippen molar-refractivity contribution >= 4 is 11.6 Å². The minimum absolute atomic E-state index is 0.00903. The molecule has 148 valence electrons. The van der Waals surface area contributed by atoms with Gasteiger partial charge in [0.25, 0.3) is 0 Å². The summed E-state index contributed by atoms with van der Waals surface area (Å²) in [5, 5.41) is 20.6. The molecule has 0 aromatic heterocycles. The van der Waals surface area contributed by atoms with E-state index in [0.29, 0.717) is 32.1 Å². The van der Waals surface area contributed by atoms with Crippen LogP contribution in [0.3, 0.4) is 0 Å². The molecule has 2 N–H and O–H groups in total. The molecular formula is C22H29FO4. The molecule has 4 aliphatic rings. The van der Waals surface area contributed by atoms with E-state index < -0.39 is 30.1 Å². The highest BCUT2D eigenvalue weighted by Crippen LogP contribution is 2.66. The Morgan fingerprint density at radius 3 is 2.74 bits per heavy atom. The molecule has 2 saturated carbocycles. The van der Waals surface area contributed by atoms with Gasteiger partial charge in [-0.2, -0.15) is 0 Å². The summed E-state index contributed by atoms with van der Waals surface area (Å²) in [4.78, 5) is 24.4. The molecule has 2 fully saturated rings. The summed E-state index contributed by atoms with van der Waals surface area (Å²) in [7, 11) is 0. The van der Waals surface area contributed by atoms with Crippen molar-refractivity contribution in [3.05, 3.63) is 23.3 Å². The highest BCUT2D eigenvalue weighted by molar-refractivity contribution is 5.92. The number of fused-ring (bicyclic) bond motifs is 5. The van der Waals surface area contributed by atoms with Crippen molar-refractivity contribution in [1.82, 2.24) is 0 Å².